The fraction of sp³-hybridized carbons (Fsp3) is 0.333. The van der Waals surface area contributed by atoms with Crippen molar-refractivity contribution >= 4 is 11.8 Å². The molecule has 25 heavy (non-hydrogen) atoms. The molecule has 0 aromatic heterocycles. The highest BCUT2D eigenvalue weighted by molar-refractivity contribution is 6.01. The van der Waals surface area contributed by atoms with Crippen molar-refractivity contribution in [3.8, 4) is 0 Å². The second kappa shape index (κ2) is 6.45. The highest BCUT2D eigenvalue weighted by Gasteiger charge is 2.23. The minimum absolute atomic E-state index is 0.160. The van der Waals surface area contributed by atoms with Gasteiger partial charge in [-0.1, -0.05) is 18.2 Å². The van der Waals surface area contributed by atoms with Crippen molar-refractivity contribution < 1.29 is 19.1 Å². The van der Waals surface area contributed by atoms with Crippen LogP contribution in [0, 0.1) is 0 Å². The standard InChI is InChI=1S/C21H20O4/c1-13(20(22)16-6-5-14-3-2-4-15(14)9-16)25-21(23)17-7-8-18-11-24-12-19(18)10-17/h5-10,13H,2-4,11-12H2,1H3/t13-/m0/s1. The zero-order valence-electron chi connectivity index (χ0n) is 14.2. The topological polar surface area (TPSA) is 52.6 Å². The number of Topliss-reactive ketones (excluding diaryl/α,β-unsaturated/α-hetero) is 1. The summed E-state index contributed by atoms with van der Waals surface area (Å²) < 4.78 is 10.8. The fourth-order valence-corrected chi connectivity index (χ4v) is 3.54. The molecule has 0 saturated heterocycles. The first-order chi connectivity index (χ1) is 12.1. The van der Waals surface area contributed by atoms with E-state index in [9.17, 15) is 9.59 Å². The van der Waals surface area contributed by atoms with E-state index < -0.39 is 12.1 Å². The molecule has 0 bridgehead atoms. The smallest absolute Gasteiger partial charge is 0.338 e. The van der Waals surface area contributed by atoms with Gasteiger partial charge in [0, 0.05) is 5.56 Å². The normalized spacial score (nSPS) is 16.2. The number of carbonyl (C=O) groups is 2. The van der Waals surface area contributed by atoms with Crippen molar-refractivity contribution in [2.24, 2.45) is 0 Å². The Bertz CT molecular complexity index is 853. The van der Waals surface area contributed by atoms with Crippen LogP contribution in [0.3, 0.4) is 0 Å². The van der Waals surface area contributed by atoms with Gasteiger partial charge >= 0.3 is 5.97 Å². The monoisotopic (exact) mass is 336 g/mol. The van der Waals surface area contributed by atoms with Crippen LogP contribution in [-0.2, 0) is 35.5 Å². The van der Waals surface area contributed by atoms with E-state index in [-0.39, 0.29) is 5.78 Å². The van der Waals surface area contributed by atoms with E-state index in [1.54, 1.807) is 19.1 Å². The maximum Gasteiger partial charge on any atom is 0.338 e. The third-order valence-electron chi connectivity index (χ3n) is 4.99. The van der Waals surface area contributed by atoms with Crippen molar-refractivity contribution in [1.82, 2.24) is 0 Å². The zero-order chi connectivity index (χ0) is 17.4. The number of esters is 1. The molecule has 0 N–H and O–H groups in total. The summed E-state index contributed by atoms with van der Waals surface area (Å²) in [5, 5.41) is 0. The quantitative estimate of drug-likeness (QED) is 0.632. The van der Waals surface area contributed by atoms with E-state index in [2.05, 4.69) is 0 Å². The Kier molecular flexibility index (Phi) is 4.14. The number of carbonyl (C=O) groups excluding carboxylic acids is 2. The van der Waals surface area contributed by atoms with Gasteiger partial charge in [0.2, 0.25) is 5.78 Å². The molecule has 0 saturated carbocycles. The Morgan fingerprint density at radius 3 is 2.48 bits per heavy atom. The Labute approximate surface area is 146 Å². The average molecular weight is 336 g/mol. The van der Waals surface area contributed by atoms with E-state index in [1.807, 2.05) is 24.3 Å². The third-order valence-corrected chi connectivity index (χ3v) is 4.99. The molecule has 1 heterocycles. The first kappa shape index (κ1) is 16.0. The SMILES string of the molecule is C[C@H](OC(=O)c1ccc2c(c1)COC2)C(=O)c1ccc2c(c1)CCC2. The van der Waals surface area contributed by atoms with Crippen LogP contribution in [0.25, 0.3) is 0 Å². The Balaban J connectivity index is 1.46. The van der Waals surface area contributed by atoms with Gasteiger partial charge in [-0.05, 0) is 66.6 Å². The highest BCUT2D eigenvalue weighted by Crippen LogP contribution is 2.24. The van der Waals surface area contributed by atoms with Crippen LogP contribution in [0.15, 0.2) is 36.4 Å². The van der Waals surface area contributed by atoms with E-state index in [0.717, 1.165) is 30.4 Å². The minimum Gasteiger partial charge on any atom is -0.451 e. The van der Waals surface area contributed by atoms with Crippen LogP contribution in [0.1, 0.15) is 56.3 Å². The molecule has 4 rings (SSSR count). The molecule has 1 aliphatic carbocycles. The summed E-state index contributed by atoms with van der Waals surface area (Å²) in [6.07, 6.45) is 2.43. The molecule has 1 aliphatic heterocycles. The Morgan fingerprint density at radius 1 is 0.920 bits per heavy atom. The molecular formula is C21H20O4. The molecule has 0 spiro atoms. The van der Waals surface area contributed by atoms with Crippen LogP contribution in [0.2, 0.25) is 0 Å². The molecule has 0 fully saturated rings. The van der Waals surface area contributed by atoms with Gasteiger partial charge in [0.15, 0.2) is 6.10 Å². The van der Waals surface area contributed by atoms with Gasteiger partial charge < -0.3 is 9.47 Å². The molecule has 4 nitrogen and oxygen atoms in total. The molecule has 0 radical (unpaired) electrons. The number of hydrogen-bond donors (Lipinski definition) is 0. The first-order valence-corrected chi connectivity index (χ1v) is 8.68. The molecule has 2 aromatic rings. The van der Waals surface area contributed by atoms with Crippen molar-refractivity contribution in [3.63, 3.8) is 0 Å². The summed E-state index contributed by atoms with van der Waals surface area (Å²) in [7, 11) is 0. The van der Waals surface area contributed by atoms with Gasteiger partial charge in [0.1, 0.15) is 0 Å². The largest absolute Gasteiger partial charge is 0.451 e. The molecule has 128 valence electrons. The van der Waals surface area contributed by atoms with Gasteiger partial charge in [-0.3, -0.25) is 4.79 Å². The average Bonchev–Trinajstić information content (AvgIpc) is 3.28. The van der Waals surface area contributed by atoms with Gasteiger partial charge in [-0.2, -0.15) is 0 Å². The summed E-state index contributed by atoms with van der Waals surface area (Å²) in [4.78, 5) is 25.0. The van der Waals surface area contributed by atoms with Crippen molar-refractivity contribution in [3.05, 3.63) is 69.8 Å². The number of ketones is 1. The lowest BCUT2D eigenvalue weighted by molar-refractivity contribution is 0.0318. The molecule has 1 atom stereocenters. The molecule has 2 aromatic carbocycles. The third kappa shape index (κ3) is 3.10. The number of rotatable bonds is 4. The number of fused-ring (bicyclic) bond motifs is 2. The lowest BCUT2D eigenvalue weighted by atomic mass is 10.0. The molecular weight excluding hydrogens is 316 g/mol. The van der Waals surface area contributed by atoms with Gasteiger partial charge in [-0.15, -0.1) is 0 Å². The van der Waals surface area contributed by atoms with E-state index in [0.29, 0.717) is 24.3 Å². The predicted octanol–water partition coefficient (Wildman–Crippen LogP) is 3.63. The van der Waals surface area contributed by atoms with Gasteiger partial charge in [0.05, 0.1) is 18.8 Å². The van der Waals surface area contributed by atoms with Gasteiger partial charge in [-0.25, -0.2) is 4.79 Å². The molecule has 2 aliphatic rings. The highest BCUT2D eigenvalue weighted by atomic mass is 16.5. The maximum atomic E-state index is 12.6. The molecule has 0 unspecified atom stereocenters. The predicted molar refractivity (Wildman–Crippen MR) is 92.6 cm³/mol. The second-order valence-electron chi connectivity index (χ2n) is 6.73. The zero-order valence-corrected chi connectivity index (χ0v) is 14.2. The van der Waals surface area contributed by atoms with Crippen molar-refractivity contribution in [2.45, 2.75) is 45.5 Å². The van der Waals surface area contributed by atoms with Crippen molar-refractivity contribution in [2.75, 3.05) is 0 Å². The minimum atomic E-state index is -0.809. The number of aryl methyl sites for hydroxylation is 2. The van der Waals surface area contributed by atoms with E-state index in [4.69, 9.17) is 9.47 Å². The van der Waals surface area contributed by atoms with Crippen LogP contribution < -0.4 is 0 Å². The van der Waals surface area contributed by atoms with E-state index >= 15 is 0 Å². The fourth-order valence-electron chi connectivity index (χ4n) is 3.54. The second-order valence-corrected chi connectivity index (χ2v) is 6.73. The van der Waals surface area contributed by atoms with Crippen LogP contribution in [0.4, 0.5) is 0 Å². The Hall–Kier alpha value is -2.46. The molecule has 4 heteroatoms. The van der Waals surface area contributed by atoms with Gasteiger partial charge in [0.25, 0.3) is 0 Å². The number of benzene rings is 2. The lowest BCUT2D eigenvalue weighted by Crippen LogP contribution is -2.24. The van der Waals surface area contributed by atoms with Crippen LogP contribution in [0.5, 0.6) is 0 Å². The summed E-state index contributed by atoms with van der Waals surface area (Å²) in [5.41, 5.74) is 5.73. The maximum absolute atomic E-state index is 12.6. The summed E-state index contributed by atoms with van der Waals surface area (Å²) in [6, 6.07) is 11.2. The van der Waals surface area contributed by atoms with Crippen LogP contribution >= 0.6 is 0 Å². The van der Waals surface area contributed by atoms with E-state index in [1.165, 1.54) is 11.1 Å². The summed E-state index contributed by atoms with van der Waals surface area (Å²) in [5.74, 6) is -0.635. The summed E-state index contributed by atoms with van der Waals surface area (Å²) in [6.45, 7) is 2.72. The number of hydrogen-bond acceptors (Lipinski definition) is 4. The van der Waals surface area contributed by atoms with Crippen molar-refractivity contribution in [1.29, 1.82) is 0 Å². The lowest BCUT2D eigenvalue weighted by Gasteiger charge is -2.13. The molecule has 0 amide bonds. The first-order valence-electron chi connectivity index (χ1n) is 8.68. The Morgan fingerprint density at radius 2 is 1.60 bits per heavy atom. The van der Waals surface area contributed by atoms with Crippen LogP contribution in [-0.4, -0.2) is 17.9 Å². The summed E-state index contributed by atoms with van der Waals surface area (Å²) >= 11 is 0. The number of ether oxygens (including phenoxy) is 2.